The molecule has 0 spiro atoms. The smallest absolute Gasteiger partial charge is 0.253 e. The molecule has 1 aromatic carbocycles. The molecule has 0 heterocycles. The Hall–Kier alpha value is -1.88. The molecule has 1 fully saturated rings. The lowest BCUT2D eigenvalue weighted by Gasteiger charge is -2.13. The molecule has 0 bridgehead atoms. The number of nitrogens with one attached hydrogen (secondary N) is 3. The molecule has 2 rings (SSSR count). The van der Waals surface area contributed by atoms with Gasteiger partial charge in [-0.3, -0.25) is 9.59 Å². The molecule has 2 amide bonds. The van der Waals surface area contributed by atoms with E-state index in [0.717, 1.165) is 12.5 Å². The highest BCUT2D eigenvalue weighted by Crippen LogP contribution is 2.27. The Morgan fingerprint density at radius 3 is 2.62 bits per heavy atom. The van der Waals surface area contributed by atoms with Crippen molar-refractivity contribution in [1.29, 1.82) is 0 Å². The van der Waals surface area contributed by atoms with Crippen molar-refractivity contribution in [3.05, 3.63) is 29.8 Å². The van der Waals surface area contributed by atoms with E-state index in [-0.39, 0.29) is 24.4 Å². The zero-order chi connectivity index (χ0) is 15.2. The van der Waals surface area contributed by atoms with Crippen molar-refractivity contribution in [3.63, 3.8) is 0 Å². The van der Waals surface area contributed by atoms with Crippen LogP contribution in [0.1, 0.15) is 37.0 Å². The number of rotatable bonds is 7. The number of carbonyl (C=O) groups excluding carboxylic acids is 2. The summed E-state index contributed by atoms with van der Waals surface area (Å²) in [7, 11) is 0. The van der Waals surface area contributed by atoms with Crippen LogP contribution < -0.4 is 16.0 Å². The summed E-state index contributed by atoms with van der Waals surface area (Å²) in [5, 5.41) is 8.77. The monoisotopic (exact) mass is 289 g/mol. The van der Waals surface area contributed by atoms with Gasteiger partial charge in [0.15, 0.2) is 0 Å². The van der Waals surface area contributed by atoms with Gasteiger partial charge in [0.2, 0.25) is 5.91 Å². The van der Waals surface area contributed by atoms with Crippen LogP contribution >= 0.6 is 0 Å². The molecule has 1 aliphatic carbocycles. The molecule has 1 aliphatic rings. The van der Waals surface area contributed by atoms with E-state index in [4.69, 9.17) is 0 Å². The topological polar surface area (TPSA) is 70.2 Å². The van der Waals surface area contributed by atoms with Gasteiger partial charge < -0.3 is 16.0 Å². The van der Waals surface area contributed by atoms with Crippen LogP contribution in [0.4, 0.5) is 5.69 Å². The fourth-order valence-corrected chi connectivity index (χ4v) is 2.04. The van der Waals surface area contributed by atoms with Gasteiger partial charge in [-0.1, -0.05) is 12.1 Å². The Balaban J connectivity index is 1.91. The van der Waals surface area contributed by atoms with Gasteiger partial charge in [-0.15, -0.1) is 0 Å². The van der Waals surface area contributed by atoms with E-state index in [1.807, 2.05) is 13.8 Å². The molecule has 114 valence electrons. The van der Waals surface area contributed by atoms with Crippen LogP contribution in [-0.4, -0.2) is 30.9 Å². The minimum absolute atomic E-state index is 0.0569. The maximum Gasteiger partial charge on any atom is 0.253 e. The summed E-state index contributed by atoms with van der Waals surface area (Å²) in [5.41, 5.74) is 1.04. The van der Waals surface area contributed by atoms with Crippen LogP contribution in [0.15, 0.2) is 24.3 Å². The highest BCUT2D eigenvalue weighted by atomic mass is 16.2. The summed E-state index contributed by atoms with van der Waals surface area (Å²) in [6, 6.07) is 7.11. The van der Waals surface area contributed by atoms with E-state index in [2.05, 4.69) is 16.0 Å². The summed E-state index contributed by atoms with van der Waals surface area (Å²) in [6.45, 7) is 4.97. The summed E-state index contributed by atoms with van der Waals surface area (Å²) in [5.74, 6) is 0.439. The molecular weight excluding hydrogens is 266 g/mol. The standard InChI is InChI=1S/C16H23N3O2/c1-11(2)18-16(21)13-5-3-4-6-14(13)19-15(20)10-17-9-12-7-8-12/h3-6,11-12,17H,7-10H2,1-2H3,(H,18,21)(H,19,20). The predicted molar refractivity (Wildman–Crippen MR) is 83.3 cm³/mol. The Bertz CT molecular complexity index is 510. The lowest BCUT2D eigenvalue weighted by molar-refractivity contribution is -0.115. The van der Waals surface area contributed by atoms with E-state index in [9.17, 15) is 9.59 Å². The minimum atomic E-state index is -0.174. The van der Waals surface area contributed by atoms with Crippen LogP contribution in [0, 0.1) is 5.92 Å². The van der Waals surface area contributed by atoms with Crippen molar-refractivity contribution in [2.45, 2.75) is 32.7 Å². The van der Waals surface area contributed by atoms with Crippen LogP contribution in [-0.2, 0) is 4.79 Å². The lowest BCUT2D eigenvalue weighted by Crippen LogP contribution is -2.32. The minimum Gasteiger partial charge on any atom is -0.350 e. The number of amides is 2. The summed E-state index contributed by atoms with van der Waals surface area (Å²) < 4.78 is 0. The molecular formula is C16H23N3O2. The van der Waals surface area contributed by atoms with Crippen molar-refractivity contribution < 1.29 is 9.59 Å². The maximum absolute atomic E-state index is 12.1. The first-order valence-electron chi connectivity index (χ1n) is 7.46. The van der Waals surface area contributed by atoms with Gasteiger partial charge >= 0.3 is 0 Å². The van der Waals surface area contributed by atoms with Gasteiger partial charge in [-0.05, 0) is 51.3 Å². The van der Waals surface area contributed by atoms with Crippen molar-refractivity contribution in [2.75, 3.05) is 18.4 Å². The van der Waals surface area contributed by atoms with Crippen LogP contribution in [0.3, 0.4) is 0 Å². The molecule has 0 saturated heterocycles. The first-order chi connectivity index (χ1) is 10.1. The molecule has 21 heavy (non-hydrogen) atoms. The van der Waals surface area contributed by atoms with E-state index >= 15 is 0 Å². The molecule has 5 nitrogen and oxygen atoms in total. The second-order valence-corrected chi connectivity index (χ2v) is 5.80. The Morgan fingerprint density at radius 1 is 1.24 bits per heavy atom. The third-order valence-electron chi connectivity index (χ3n) is 3.28. The SMILES string of the molecule is CC(C)NC(=O)c1ccccc1NC(=O)CNCC1CC1. The predicted octanol–water partition coefficient (Wildman–Crippen LogP) is 1.76. The molecule has 0 aliphatic heterocycles. The third-order valence-corrected chi connectivity index (χ3v) is 3.28. The number of carbonyl (C=O) groups is 2. The zero-order valence-electron chi connectivity index (χ0n) is 12.6. The molecule has 0 radical (unpaired) electrons. The van der Waals surface area contributed by atoms with Crippen molar-refractivity contribution >= 4 is 17.5 Å². The maximum atomic E-state index is 12.1. The lowest BCUT2D eigenvalue weighted by atomic mass is 10.1. The molecule has 5 heteroatoms. The van der Waals surface area contributed by atoms with Crippen molar-refractivity contribution in [3.8, 4) is 0 Å². The van der Waals surface area contributed by atoms with Gasteiger partial charge in [-0.2, -0.15) is 0 Å². The van der Waals surface area contributed by atoms with E-state index in [1.54, 1.807) is 24.3 Å². The Kier molecular flexibility index (Phi) is 5.33. The molecule has 0 unspecified atom stereocenters. The van der Waals surface area contributed by atoms with E-state index < -0.39 is 0 Å². The second kappa shape index (κ2) is 7.22. The normalized spacial score (nSPS) is 14.0. The van der Waals surface area contributed by atoms with Gasteiger partial charge in [0.05, 0.1) is 17.8 Å². The number of hydrogen-bond acceptors (Lipinski definition) is 3. The number of anilines is 1. The van der Waals surface area contributed by atoms with Crippen LogP contribution in [0.2, 0.25) is 0 Å². The Labute approximate surface area is 125 Å². The summed E-state index contributed by atoms with van der Waals surface area (Å²) in [6.07, 6.45) is 2.51. The van der Waals surface area contributed by atoms with Gasteiger partial charge in [-0.25, -0.2) is 0 Å². The molecule has 0 aromatic heterocycles. The van der Waals surface area contributed by atoms with Crippen LogP contribution in [0.25, 0.3) is 0 Å². The fraction of sp³-hybridized carbons (Fsp3) is 0.500. The molecule has 0 atom stereocenters. The Morgan fingerprint density at radius 2 is 1.95 bits per heavy atom. The van der Waals surface area contributed by atoms with Crippen molar-refractivity contribution in [1.82, 2.24) is 10.6 Å². The molecule has 3 N–H and O–H groups in total. The third kappa shape index (κ3) is 5.19. The molecule has 1 aromatic rings. The summed E-state index contributed by atoms with van der Waals surface area (Å²) in [4.78, 5) is 24.0. The van der Waals surface area contributed by atoms with Gasteiger partial charge in [0.25, 0.3) is 5.91 Å². The largest absolute Gasteiger partial charge is 0.350 e. The quantitative estimate of drug-likeness (QED) is 0.716. The second-order valence-electron chi connectivity index (χ2n) is 5.80. The van der Waals surface area contributed by atoms with Crippen molar-refractivity contribution in [2.24, 2.45) is 5.92 Å². The first-order valence-corrected chi connectivity index (χ1v) is 7.46. The number of para-hydroxylation sites is 1. The van der Waals surface area contributed by atoms with Crippen LogP contribution in [0.5, 0.6) is 0 Å². The van der Waals surface area contributed by atoms with Gasteiger partial charge in [0.1, 0.15) is 0 Å². The summed E-state index contributed by atoms with van der Waals surface area (Å²) >= 11 is 0. The number of benzene rings is 1. The first kappa shape index (κ1) is 15.5. The average Bonchev–Trinajstić information content (AvgIpc) is 3.22. The average molecular weight is 289 g/mol. The highest BCUT2D eigenvalue weighted by Gasteiger charge is 2.20. The fourth-order valence-electron chi connectivity index (χ4n) is 2.04. The molecule has 1 saturated carbocycles. The highest BCUT2D eigenvalue weighted by molar-refractivity contribution is 6.04. The zero-order valence-corrected chi connectivity index (χ0v) is 12.6. The van der Waals surface area contributed by atoms with E-state index in [0.29, 0.717) is 11.3 Å². The van der Waals surface area contributed by atoms with Gasteiger partial charge in [0, 0.05) is 6.04 Å². The number of hydrogen-bond donors (Lipinski definition) is 3. The van der Waals surface area contributed by atoms with E-state index in [1.165, 1.54) is 12.8 Å².